The first-order valence-corrected chi connectivity index (χ1v) is 14.2. The fourth-order valence-electron chi connectivity index (χ4n) is 2.39. The molecule has 0 aliphatic carbocycles. The molecule has 0 saturated carbocycles. The normalized spacial score (nSPS) is 10.2. The van der Waals surface area contributed by atoms with Crippen LogP contribution in [0.1, 0.15) is 97.8 Å². The minimum absolute atomic E-state index is 0.0736. The summed E-state index contributed by atoms with van der Waals surface area (Å²) < 4.78 is 7.62. The molecule has 0 fully saturated rings. The Bertz CT molecular complexity index is 221. The van der Waals surface area contributed by atoms with E-state index in [-0.39, 0.29) is 21.1 Å². The molecule has 0 saturated heterocycles. The average molecular weight is 449 g/mol. The SMILES string of the molecule is CCCCCCC[CH2][Sn][CH2]CCCCCCC.CCOC(=O)CO. The summed E-state index contributed by atoms with van der Waals surface area (Å²) in [7, 11) is 0. The molecule has 0 aliphatic rings. The average Bonchev–Trinajstić information content (AvgIpc) is 2.60. The Morgan fingerprint density at radius 3 is 1.50 bits per heavy atom. The van der Waals surface area contributed by atoms with Gasteiger partial charge in [-0.25, -0.2) is 4.79 Å². The number of hydrogen-bond acceptors (Lipinski definition) is 3. The van der Waals surface area contributed by atoms with E-state index in [1.54, 1.807) is 28.6 Å². The van der Waals surface area contributed by atoms with E-state index in [1.165, 1.54) is 64.2 Å². The topological polar surface area (TPSA) is 46.5 Å². The standard InChI is InChI=1S/2C8H17.C4H8O3.Sn/c2*1-3-5-7-8-6-4-2;1-2-7-4(6)3-5;/h2*1,3-8H2,2H3;5H,2-3H2,1H3;. The number of carbonyl (C=O) groups is 1. The Morgan fingerprint density at radius 2 is 1.17 bits per heavy atom. The molecule has 0 aromatic carbocycles. The van der Waals surface area contributed by atoms with E-state index in [9.17, 15) is 4.79 Å². The van der Waals surface area contributed by atoms with Crippen LogP contribution in [0.15, 0.2) is 0 Å². The Balaban J connectivity index is 0. The molecule has 4 heteroatoms. The van der Waals surface area contributed by atoms with Crippen LogP contribution < -0.4 is 0 Å². The van der Waals surface area contributed by atoms with Crippen molar-refractivity contribution in [3.8, 4) is 0 Å². The molecule has 0 amide bonds. The minimum Gasteiger partial charge on any atom is -0.464 e. The van der Waals surface area contributed by atoms with Crippen molar-refractivity contribution in [1.82, 2.24) is 0 Å². The molecule has 3 nitrogen and oxygen atoms in total. The molecule has 0 heterocycles. The molecule has 24 heavy (non-hydrogen) atoms. The molecule has 0 unspecified atom stereocenters. The van der Waals surface area contributed by atoms with Gasteiger partial charge < -0.3 is 9.84 Å². The zero-order valence-electron chi connectivity index (χ0n) is 16.6. The van der Waals surface area contributed by atoms with Crippen molar-refractivity contribution < 1.29 is 14.6 Å². The fourth-order valence-corrected chi connectivity index (χ4v) is 5.96. The molecule has 0 atom stereocenters. The maximum absolute atomic E-state index is 9.94. The van der Waals surface area contributed by atoms with Gasteiger partial charge in [-0.2, -0.15) is 0 Å². The summed E-state index contributed by atoms with van der Waals surface area (Å²) in [5.74, 6) is -0.567. The second kappa shape index (κ2) is 25.5. The number of rotatable bonds is 16. The van der Waals surface area contributed by atoms with E-state index in [1.807, 2.05) is 0 Å². The van der Waals surface area contributed by atoms with Gasteiger partial charge >= 0.3 is 127 Å². The number of unbranched alkanes of at least 4 members (excludes halogenated alkanes) is 10. The molecular weight excluding hydrogens is 407 g/mol. The van der Waals surface area contributed by atoms with E-state index in [0.717, 1.165) is 0 Å². The number of aliphatic hydroxyl groups excluding tert-OH is 1. The van der Waals surface area contributed by atoms with Crippen LogP contribution in [0.5, 0.6) is 0 Å². The van der Waals surface area contributed by atoms with Crippen LogP contribution >= 0.6 is 0 Å². The number of hydrogen-bond donors (Lipinski definition) is 1. The molecule has 144 valence electrons. The Hall–Kier alpha value is 0.229. The number of ether oxygens (including phenoxy) is 1. The van der Waals surface area contributed by atoms with Gasteiger partial charge in [-0.1, -0.05) is 0 Å². The molecule has 2 radical (unpaired) electrons. The number of esters is 1. The van der Waals surface area contributed by atoms with E-state index in [2.05, 4.69) is 18.6 Å². The Morgan fingerprint density at radius 1 is 0.750 bits per heavy atom. The van der Waals surface area contributed by atoms with E-state index >= 15 is 0 Å². The Kier molecular flexibility index (Phi) is 28.1. The second-order valence-electron chi connectivity index (χ2n) is 6.25. The van der Waals surface area contributed by atoms with Crippen molar-refractivity contribution in [2.75, 3.05) is 13.2 Å². The fraction of sp³-hybridized carbons (Fsp3) is 0.950. The van der Waals surface area contributed by atoms with Crippen LogP contribution in [0.2, 0.25) is 8.87 Å². The molecule has 0 rings (SSSR count). The molecular formula is C20H42O3Sn. The van der Waals surface area contributed by atoms with Crippen LogP contribution in [0, 0.1) is 0 Å². The van der Waals surface area contributed by atoms with Crippen molar-refractivity contribution >= 4 is 27.1 Å². The molecule has 0 aromatic rings. The first kappa shape index (κ1) is 26.5. The number of carbonyl (C=O) groups excluding carboxylic acids is 1. The van der Waals surface area contributed by atoms with Gasteiger partial charge in [-0.15, -0.1) is 0 Å². The van der Waals surface area contributed by atoms with Crippen molar-refractivity contribution in [2.24, 2.45) is 0 Å². The van der Waals surface area contributed by atoms with Crippen molar-refractivity contribution in [3.05, 3.63) is 0 Å². The summed E-state index contributed by atoms with van der Waals surface area (Å²) in [6.07, 6.45) is 17.8. The third kappa shape index (κ3) is 27.1. The summed E-state index contributed by atoms with van der Waals surface area (Å²) in [4.78, 5) is 9.94. The van der Waals surface area contributed by atoms with Gasteiger partial charge in [0.15, 0.2) is 0 Å². The first-order chi connectivity index (χ1) is 11.7. The first-order valence-electron chi connectivity index (χ1n) is 10.2. The van der Waals surface area contributed by atoms with Crippen LogP contribution in [-0.4, -0.2) is 45.4 Å². The van der Waals surface area contributed by atoms with Crippen molar-refractivity contribution in [3.63, 3.8) is 0 Å². The summed E-state index contributed by atoms with van der Waals surface area (Å²) in [5.41, 5.74) is 0. The van der Waals surface area contributed by atoms with Crippen LogP contribution in [0.4, 0.5) is 0 Å². The van der Waals surface area contributed by atoms with Gasteiger partial charge in [0.25, 0.3) is 0 Å². The molecule has 0 aliphatic heterocycles. The van der Waals surface area contributed by atoms with E-state index in [0.29, 0.717) is 6.61 Å². The predicted octanol–water partition coefficient (Wildman–Crippen LogP) is 5.79. The quantitative estimate of drug-likeness (QED) is 0.184. The Labute approximate surface area is 161 Å². The second-order valence-corrected chi connectivity index (χ2v) is 10.5. The van der Waals surface area contributed by atoms with Crippen molar-refractivity contribution in [2.45, 2.75) is 107 Å². The zero-order chi connectivity index (χ0) is 18.3. The molecule has 1 N–H and O–H groups in total. The zero-order valence-corrected chi connectivity index (χ0v) is 19.4. The van der Waals surface area contributed by atoms with Gasteiger partial charge in [0.05, 0.1) is 6.61 Å². The monoisotopic (exact) mass is 450 g/mol. The van der Waals surface area contributed by atoms with Gasteiger partial charge in [0, 0.05) is 0 Å². The van der Waals surface area contributed by atoms with Crippen LogP contribution in [0.25, 0.3) is 0 Å². The van der Waals surface area contributed by atoms with Gasteiger partial charge in [0.2, 0.25) is 0 Å². The molecule has 0 bridgehead atoms. The summed E-state index contributed by atoms with van der Waals surface area (Å²) in [6.45, 7) is 6.10. The molecule has 0 aromatic heterocycles. The minimum atomic E-state index is -0.567. The summed E-state index contributed by atoms with van der Waals surface area (Å²) in [6, 6.07) is 0. The van der Waals surface area contributed by atoms with Gasteiger partial charge in [-0.3, -0.25) is 0 Å². The van der Waals surface area contributed by atoms with Gasteiger partial charge in [-0.05, 0) is 6.92 Å². The maximum Gasteiger partial charge on any atom is 0.331 e. The maximum atomic E-state index is 9.94. The third-order valence-electron chi connectivity index (χ3n) is 3.85. The smallest absolute Gasteiger partial charge is 0.331 e. The third-order valence-corrected chi connectivity index (χ3v) is 7.88. The van der Waals surface area contributed by atoms with Crippen LogP contribution in [-0.2, 0) is 9.53 Å². The summed E-state index contributed by atoms with van der Waals surface area (Å²) >= 11 is 0.0736. The molecule has 0 spiro atoms. The van der Waals surface area contributed by atoms with Crippen molar-refractivity contribution in [1.29, 1.82) is 0 Å². The number of aliphatic hydroxyl groups is 1. The largest absolute Gasteiger partial charge is 0.464 e. The van der Waals surface area contributed by atoms with E-state index in [4.69, 9.17) is 5.11 Å². The van der Waals surface area contributed by atoms with Gasteiger partial charge in [0.1, 0.15) is 6.61 Å². The predicted molar refractivity (Wildman–Crippen MR) is 106 cm³/mol. The summed E-state index contributed by atoms with van der Waals surface area (Å²) in [5, 5.41) is 7.99. The van der Waals surface area contributed by atoms with Crippen LogP contribution in [0.3, 0.4) is 0 Å². The van der Waals surface area contributed by atoms with E-state index < -0.39 is 12.6 Å².